The number of azide groups is 1. The summed E-state index contributed by atoms with van der Waals surface area (Å²) in [5.74, 6) is -0.973. The molecule has 0 aliphatic rings. The number of pyridine rings is 1. The van der Waals surface area contributed by atoms with Gasteiger partial charge in [-0.3, -0.25) is 9.78 Å². The first-order chi connectivity index (χ1) is 8.65. The number of rotatable bonds is 7. The molecule has 96 valence electrons. The van der Waals surface area contributed by atoms with E-state index in [1.165, 1.54) is 6.20 Å². The maximum atomic E-state index is 11.1. The van der Waals surface area contributed by atoms with E-state index in [9.17, 15) is 4.79 Å². The number of aromatic nitrogens is 1. The van der Waals surface area contributed by atoms with Gasteiger partial charge in [0.05, 0.1) is 0 Å². The van der Waals surface area contributed by atoms with Crippen molar-refractivity contribution < 1.29 is 9.90 Å². The summed E-state index contributed by atoms with van der Waals surface area (Å²) in [6.07, 6.45) is 3.67. The molecule has 1 heterocycles. The summed E-state index contributed by atoms with van der Waals surface area (Å²) < 4.78 is 0.724. The molecular formula is C10H12BrN5O2. The smallest absolute Gasteiger partial charge is 0.325 e. The van der Waals surface area contributed by atoms with Gasteiger partial charge in [0.2, 0.25) is 0 Å². The van der Waals surface area contributed by atoms with Gasteiger partial charge >= 0.3 is 5.97 Å². The van der Waals surface area contributed by atoms with Crippen LogP contribution in [0.2, 0.25) is 0 Å². The predicted molar refractivity (Wildman–Crippen MR) is 68.9 cm³/mol. The Labute approximate surface area is 112 Å². The van der Waals surface area contributed by atoms with Gasteiger partial charge in [0, 0.05) is 28.3 Å². The number of nitrogens with zero attached hydrogens (tertiary/aromatic N) is 4. The predicted octanol–water partition coefficient (Wildman–Crippen LogP) is 2.26. The summed E-state index contributed by atoms with van der Waals surface area (Å²) in [7, 11) is 0. The Kier molecular flexibility index (Phi) is 6.13. The van der Waals surface area contributed by atoms with Crippen LogP contribution < -0.4 is 5.32 Å². The van der Waals surface area contributed by atoms with Crippen LogP contribution in [0, 0.1) is 0 Å². The Balaban J connectivity index is 2.60. The lowest BCUT2D eigenvalue weighted by molar-refractivity contribution is -0.139. The van der Waals surface area contributed by atoms with Gasteiger partial charge in [-0.2, -0.15) is 0 Å². The van der Waals surface area contributed by atoms with Crippen molar-refractivity contribution in [2.45, 2.75) is 12.5 Å². The Hall–Kier alpha value is -1.63. The molecule has 0 fully saturated rings. The van der Waals surface area contributed by atoms with E-state index in [1.54, 1.807) is 12.3 Å². The fraction of sp³-hybridized carbons (Fsp3) is 0.400. The Morgan fingerprint density at radius 3 is 3.06 bits per heavy atom. The molecule has 0 amide bonds. The van der Waals surface area contributed by atoms with E-state index in [0.29, 0.717) is 25.1 Å². The van der Waals surface area contributed by atoms with Gasteiger partial charge in [0.15, 0.2) is 0 Å². The highest BCUT2D eigenvalue weighted by Crippen LogP contribution is 2.17. The largest absolute Gasteiger partial charge is 0.480 e. The molecule has 0 spiro atoms. The molecule has 0 bridgehead atoms. The van der Waals surface area contributed by atoms with Gasteiger partial charge in [-0.1, -0.05) is 5.11 Å². The lowest BCUT2D eigenvalue weighted by atomic mass is 10.1. The lowest BCUT2D eigenvalue weighted by Gasteiger charge is -2.14. The van der Waals surface area contributed by atoms with Crippen LogP contribution in [0.3, 0.4) is 0 Å². The van der Waals surface area contributed by atoms with Crippen LogP contribution in [0.25, 0.3) is 10.4 Å². The number of carboxylic acids is 1. The first-order valence-electron chi connectivity index (χ1n) is 5.22. The third-order valence-corrected chi connectivity index (χ3v) is 2.59. The number of halogens is 1. The van der Waals surface area contributed by atoms with E-state index in [0.717, 1.165) is 4.47 Å². The molecule has 0 saturated heterocycles. The van der Waals surface area contributed by atoms with E-state index >= 15 is 0 Å². The van der Waals surface area contributed by atoms with Crippen LogP contribution in [-0.2, 0) is 4.79 Å². The van der Waals surface area contributed by atoms with Gasteiger partial charge in [0.25, 0.3) is 0 Å². The third kappa shape index (κ3) is 4.70. The monoisotopic (exact) mass is 313 g/mol. The van der Waals surface area contributed by atoms with Gasteiger partial charge in [-0.15, -0.1) is 0 Å². The number of aliphatic carboxylic acids is 1. The molecule has 0 aliphatic carbocycles. The molecule has 8 heteroatoms. The summed E-state index contributed by atoms with van der Waals surface area (Å²) in [6, 6.07) is 0.882. The maximum Gasteiger partial charge on any atom is 0.325 e. The minimum Gasteiger partial charge on any atom is -0.480 e. The summed E-state index contributed by atoms with van der Waals surface area (Å²) in [4.78, 5) is 17.7. The lowest BCUT2D eigenvalue weighted by Crippen LogP contribution is -2.29. The Morgan fingerprint density at radius 1 is 1.67 bits per heavy atom. The van der Waals surface area contributed by atoms with Crippen LogP contribution in [0.5, 0.6) is 0 Å². The topological polar surface area (TPSA) is 111 Å². The van der Waals surface area contributed by atoms with Crippen molar-refractivity contribution >= 4 is 21.9 Å². The van der Waals surface area contributed by atoms with E-state index in [4.69, 9.17) is 10.6 Å². The standard InChI is InChI=1S/C10H12BrN5O2/c11-8-4-7(5-13-6-8)9(10(17)18)14-2-1-3-15-16-12/h4-6,9,14H,1-3H2,(H,17,18). The van der Waals surface area contributed by atoms with Crippen LogP contribution in [0.4, 0.5) is 0 Å². The van der Waals surface area contributed by atoms with Crippen molar-refractivity contribution in [3.05, 3.63) is 38.9 Å². The first-order valence-corrected chi connectivity index (χ1v) is 6.02. The third-order valence-electron chi connectivity index (χ3n) is 2.15. The summed E-state index contributed by atoms with van der Waals surface area (Å²) >= 11 is 3.24. The summed E-state index contributed by atoms with van der Waals surface area (Å²) in [5.41, 5.74) is 8.67. The van der Waals surface area contributed by atoms with Crippen LogP contribution in [0.1, 0.15) is 18.0 Å². The zero-order chi connectivity index (χ0) is 13.4. The van der Waals surface area contributed by atoms with Crippen molar-refractivity contribution in [2.24, 2.45) is 5.11 Å². The molecule has 0 aromatic carbocycles. The van der Waals surface area contributed by atoms with Crippen molar-refractivity contribution in [2.75, 3.05) is 13.1 Å². The zero-order valence-electron chi connectivity index (χ0n) is 9.45. The second-order valence-corrected chi connectivity index (χ2v) is 4.39. The molecule has 18 heavy (non-hydrogen) atoms. The quantitative estimate of drug-likeness (QED) is 0.348. The molecule has 7 nitrogen and oxygen atoms in total. The highest BCUT2D eigenvalue weighted by atomic mass is 79.9. The average molecular weight is 314 g/mol. The number of carbonyl (C=O) groups is 1. The zero-order valence-corrected chi connectivity index (χ0v) is 11.0. The van der Waals surface area contributed by atoms with Crippen molar-refractivity contribution in [1.82, 2.24) is 10.3 Å². The fourth-order valence-corrected chi connectivity index (χ4v) is 1.76. The number of nitrogens with one attached hydrogen (secondary N) is 1. The van der Waals surface area contributed by atoms with Crippen LogP contribution in [-0.4, -0.2) is 29.1 Å². The molecule has 2 N–H and O–H groups in total. The van der Waals surface area contributed by atoms with Gasteiger partial charge in [-0.25, -0.2) is 0 Å². The second kappa shape index (κ2) is 7.65. The number of hydrogen-bond acceptors (Lipinski definition) is 4. The van der Waals surface area contributed by atoms with Crippen molar-refractivity contribution in [3.8, 4) is 0 Å². The molecule has 1 unspecified atom stereocenters. The SMILES string of the molecule is [N-]=[N+]=NCCCNC(C(=O)O)c1cncc(Br)c1. The molecule has 1 rings (SSSR count). The van der Waals surface area contributed by atoms with Gasteiger partial charge in [-0.05, 0) is 46.1 Å². The van der Waals surface area contributed by atoms with E-state index < -0.39 is 12.0 Å². The van der Waals surface area contributed by atoms with Crippen molar-refractivity contribution in [1.29, 1.82) is 0 Å². The normalized spacial score (nSPS) is 11.6. The first kappa shape index (κ1) is 14.4. The van der Waals surface area contributed by atoms with E-state index in [-0.39, 0.29) is 0 Å². The van der Waals surface area contributed by atoms with Crippen LogP contribution >= 0.6 is 15.9 Å². The average Bonchev–Trinajstić information content (AvgIpc) is 2.33. The van der Waals surface area contributed by atoms with E-state index in [1.807, 2.05) is 0 Å². The fourth-order valence-electron chi connectivity index (χ4n) is 1.37. The molecule has 0 saturated carbocycles. The number of carboxylic acid groups (broad SMARTS) is 1. The summed E-state index contributed by atoms with van der Waals surface area (Å²) in [6.45, 7) is 0.787. The number of hydrogen-bond donors (Lipinski definition) is 2. The second-order valence-electron chi connectivity index (χ2n) is 3.47. The van der Waals surface area contributed by atoms with Crippen molar-refractivity contribution in [3.63, 3.8) is 0 Å². The van der Waals surface area contributed by atoms with Gasteiger partial charge < -0.3 is 10.4 Å². The minimum atomic E-state index is -0.973. The molecule has 1 aromatic heterocycles. The Morgan fingerprint density at radius 2 is 2.44 bits per heavy atom. The maximum absolute atomic E-state index is 11.1. The molecule has 0 aliphatic heterocycles. The van der Waals surface area contributed by atoms with E-state index in [2.05, 4.69) is 36.3 Å². The highest BCUT2D eigenvalue weighted by Gasteiger charge is 2.19. The summed E-state index contributed by atoms with van der Waals surface area (Å²) in [5, 5.41) is 15.4. The molecular weight excluding hydrogens is 302 g/mol. The van der Waals surface area contributed by atoms with Crippen LogP contribution in [0.15, 0.2) is 28.0 Å². The molecule has 1 atom stereocenters. The Bertz CT molecular complexity index is 461. The van der Waals surface area contributed by atoms with Gasteiger partial charge in [0.1, 0.15) is 6.04 Å². The minimum absolute atomic E-state index is 0.340. The molecule has 0 radical (unpaired) electrons. The molecule has 1 aromatic rings. The highest BCUT2D eigenvalue weighted by molar-refractivity contribution is 9.10.